The third kappa shape index (κ3) is 4.04. The molecule has 2 rings (SSSR count). The lowest BCUT2D eigenvalue weighted by Gasteiger charge is -2.07. The third-order valence-electron chi connectivity index (χ3n) is 2.72. The molecule has 1 aromatic carbocycles. The van der Waals surface area contributed by atoms with Crippen LogP contribution in [0.2, 0.25) is 0 Å². The van der Waals surface area contributed by atoms with Crippen LogP contribution < -0.4 is 10.1 Å². The van der Waals surface area contributed by atoms with Crippen LogP contribution in [0.3, 0.4) is 0 Å². The van der Waals surface area contributed by atoms with Gasteiger partial charge in [-0.1, -0.05) is 6.07 Å². The van der Waals surface area contributed by atoms with Gasteiger partial charge in [0.1, 0.15) is 0 Å². The van der Waals surface area contributed by atoms with Gasteiger partial charge in [0.2, 0.25) is 0 Å². The molecule has 0 radical (unpaired) electrons. The van der Waals surface area contributed by atoms with E-state index in [1.807, 2.05) is 6.07 Å². The zero-order valence-corrected chi connectivity index (χ0v) is 11.6. The lowest BCUT2D eigenvalue weighted by Crippen LogP contribution is -2.18. The van der Waals surface area contributed by atoms with Gasteiger partial charge in [-0.15, -0.1) is 0 Å². The van der Waals surface area contributed by atoms with E-state index < -0.39 is 0 Å². The largest absolute Gasteiger partial charge is 0.451 e. The number of rotatable bonds is 7. The first-order chi connectivity index (χ1) is 9.69. The Morgan fingerprint density at radius 1 is 1.40 bits per heavy atom. The van der Waals surface area contributed by atoms with E-state index in [4.69, 9.17) is 9.47 Å². The van der Waals surface area contributed by atoms with Gasteiger partial charge in [0.05, 0.1) is 19.0 Å². The molecule has 0 spiro atoms. The molecule has 0 bridgehead atoms. The lowest BCUT2D eigenvalue weighted by atomic mass is 10.2. The van der Waals surface area contributed by atoms with Crippen LogP contribution in [0.15, 0.2) is 30.6 Å². The molecule has 108 valence electrons. The average molecular weight is 279 g/mol. The van der Waals surface area contributed by atoms with E-state index in [2.05, 4.69) is 10.4 Å². The van der Waals surface area contributed by atoms with E-state index >= 15 is 0 Å². The molecule has 1 aromatic heterocycles. The Labute approximate surface area is 117 Å². The molecule has 0 saturated heterocycles. The van der Waals surface area contributed by atoms with Crippen LogP contribution in [-0.2, 0) is 18.3 Å². The molecule has 0 aliphatic heterocycles. The van der Waals surface area contributed by atoms with E-state index in [0.29, 0.717) is 18.9 Å². The maximum Gasteiger partial charge on any atom is 0.166 e. The molecule has 0 atom stereocenters. The summed E-state index contributed by atoms with van der Waals surface area (Å²) < 4.78 is 25.9. The number of nitrogens with zero attached hydrogens (tertiary/aromatic N) is 2. The minimum absolute atomic E-state index is 0.193. The maximum atomic E-state index is 13.9. The van der Waals surface area contributed by atoms with Crippen LogP contribution in [0.25, 0.3) is 0 Å². The highest BCUT2D eigenvalue weighted by molar-refractivity contribution is 5.32. The van der Waals surface area contributed by atoms with E-state index in [1.165, 1.54) is 6.07 Å². The number of ether oxygens (including phenoxy) is 2. The standard InChI is InChI=1S/C14H18FN3O2/c1-18-10-12(9-17-18)20-14-4-3-11(7-13(14)15)8-16-5-6-19-2/h3-4,7,9-10,16H,5-6,8H2,1-2H3. The van der Waals surface area contributed by atoms with Crippen LogP contribution in [0, 0.1) is 5.82 Å². The summed E-state index contributed by atoms with van der Waals surface area (Å²) in [5.41, 5.74) is 0.858. The van der Waals surface area contributed by atoms with Gasteiger partial charge in [0.15, 0.2) is 17.3 Å². The topological polar surface area (TPSA) is 48.3 Å². The van der Waals surface area contributed by atoms with Crippen molar-refractivity contribution in [2.75, 3.05) is 20.3 Å². The summed E-state index contributed by atoms with van der Waals surface area (Å²) >= 11 is 0. The van der Waals surface area contributed by atoms with Gasteiger partial charge < -0.3 is 14.8 Å². The fourth-order valence-corrected chi connectivity index (χ4v) is 1.72. The van der Waals surface area contributed by atoms with Crippen molar-refractivity contribution in [3.05, 3.63) is 42.0 Å². The normalized spacial score (nSPS) is 10.8. The fourth-order valence-electron chi connectivity index (χ4n) is 1.72. The molecule has 1 heterocycles. The highest BCUT2D eigenvalue weighted by atomic mass is 19.1. The highest BCUT2D eigenvalue weighted by Gasteiger charge is 2.07. The first-order valence-corrected chi connectivity index (χ1v) is 6.33. The van der Waals surface area contributed by atoms with E-state index in [-0.39, 0.29) is 11.6 Å². The summed E-state index contributed by atoms with van der Waals surface area (Å²) in [6.45, 7) is 1.95. The molecule has 1 N–H and O–H groups in total. The zero-order valence-electron chi connectivity index (χ0n) is 11.6. The average Bonchev–Trinajstić information content (AvgIpc) is 2.83. The van der Waals surface area contributed by atoms with Crippen molar-refractivity contribution in [3.63, 3.8) is 0 Å². The number of hydrogen-bond acceptors (Lipinski definition) is 4. The first-order valence-electron chi connectivity index (χ1n) is 6.33. The minimum atomic E-state index is -0.389. The molecule has 0 aliphatic carbocycles. The van der Waals surface area contributed by atoms with Crippen molar-refractivity contribution in [3.8, 4) is 11.5 Å². The molecular weight excluding hydrogens is 261 g/mol. The second-order valence-electron chi connectivity index (χ2n) is 4.39. The molecule has 0 aliphatic rings. The van der Waals surface area contributed by atoms with Gasteiger partial charge in [-0.25, -0.2) is 4.39 Å². The monoisotopic (exact) mass is 279 g/mol. The maximum absolute atomic E-state index is 13.9. The van der Waals surface area contributed by atoms with Crippen LogP contribution in [0.1, 0.15) is 5.56 Å². The third-order valence-corrected chi connectivity index (χ3v) is 2.72. The molecule has 6 heteroatoms. The summed E-state index contributed by atoms with van der Waals surface area (Å²) in [6.07, 6.45) is 3.22. The molecule has 0 fully saturated rings. The van der Waals surface area contributed by atoms with Crippen molar-refractivity contribution < 1.29 is 13.9 Å². The number of methoxy groups -OCH3 is 1. The Morgan fingerprint density at radius 3 is 2.90 bits per heavy atom. The van der Waals surface area contributed by atoms with Crippen LogP contribution >= 0.6 is 0 Å². The Balaban J connectivity index is 1.95. The molecule has 0 saturated carbocycles. The van der Waals surface area contributed by atoms with Gasteiger partial charge in [-0.05, 0) is 17.7 Å². The summed E-state index contributed by atoms with van der Waals surface area (Å²) in [4.78, 5) is 0. The Kier molecular flexibility index (Phi) is 5.09. The molecular formula is C14H18FN3O2. The summed E-state index contributed by atoms with van der Waals surface area (Å²) in [5.74, 6) is 0.316. The van der Waals surface area contributed by atoms with Crippen LogP contribution in [-0.4, -0.2) is 30.0 Å². The number of aryl methyl sites for hydroxylation is 1. The number of nitrogens with one attached hydrogen (secondary N) is 1. The second kappa shape index (κ2) is 7.02. The van der Waals surface area contributed by atoms with Crippen molar-refractivity contribution >= 4 is 0 Å². The van der Waals surface area contributed by atoms with E-state index in [1.54, 1.807) is 37.3 Å². The first kappa shape index (κ1) is 14.5. The fraction of sp³-hybridized carbons (Fsp3) is 0.357. The predicted octanol–water partition coefficient (Wildman–Crippen LogP) is 2.09. The highest BCUT2D eigenvalue weighted by Crippen LogP contribution is 2.24. The van der Waals surface area contributed by atoms with Gasteiger partial charge in [-0.3, -0.25) is 4.68 Å². The summed E-state index contributed by atoms with van der Waals surface area (Å²) in [5, 5.41) is 7.12. The van der Waals surface area contributed by atoms with Crippen molar-refractivity contribution in [2.45, 2.75) is 6.54 Å². The Hall–Kier alpha value is -1.92. The van der Waals surface area contributed by atoms with Crippen molar-refractivity contribution in [1.82, 2.24) is 15.1 Å². The van der Waals surface area contributed by atoms with Gasteiger partial charge in [0.25, 0.3) is 0 Å². The molecule has 2 aromatic rings. The van der Waals surface area contributed by atoms with E-state index in [0.717, 1.165) is 12.1 Å². The van der Waals surface area contributed by atoms with Crippen LogP contribution in [0.5, 0.6) is 11.5 Å². The number of benzene rings is 1. The smallest absolute Gasteiger partial charge is 0.166 e. The molecule has 20 heavy (non-hydrogen) atoms. The van der Waals surface area contributed by atoms with Gasteiger partial charge in [0, 0.05) is 27.2 Å². The summed E-state index contributed by atoms with van der Waals surface area (Å²) in [6, 6.07) is 4.91. The van der Waals surface area contributed by atoms with Crippen molar-refractivity contribution in [1.29, 1.82) is 0 Å². The zero-order chi connectivity index (χ0) is 14.4. The summed E-state index contributed by atoms with van der Waals surface area (Å²) in [7, 11) is 3.42. The van der Waals surface area contributed by atoms with E-state index in [9.17, 15) is 4.39 Å². The second-order valence-corrected chi connectivity index (χ2v) is 4.39. The number of halogens is 1. The van der Waals surface area contributed by atoms with Crippen LogP contribution in [0.4, 0.5) is 4.39 Å². The van der Waals surface area contributed by atoms with Crippen molar-refractivity contribution in [2.24, 2.45) is 7.05 Å². The number of hydrogen-bond donors (Lipinski definition) is 1. The molecule has 0 amide bonds. The lowest BCUT2D eigenvalue weighted by molar-refractivity contribution is 0.199. The SMILES string of the molecule is COCCNCc1ccc(Oc2cnn(C)c2)c(F)c1. The Bertz CT molecular complexity index is 557. The van der Waals surface area contributed by atoms with Gasteiger partial charge >= 0.3 is 0 Å². The molecule has 5 nitrogen and oxygen atoms in total. The number of aromatic nitrogens is 2. The minimum Gasteiger partial charge on any atom is -0.451 e. The van der Waals surface area contributed by atoms with Gasteiger partial charge in [-0.2, -0.15) is 5.10 Å². The predicted molar refractivity (Wildman–Crippen MR) is 73.3 cm³/mol. The Morgan fingerprint density at radius 2 is 2.25 bits per heavy atom. The quantitative estimate of drug-likeness (QED) is 0.788. The molecule has 0 unspecified atom stereocenters.